The summed E-state index contributed by atoms with van der Waals surface area (Å²) in [5, 5.41) is 20.2. The molecular weight excluding hydrogens is 582 g/mol. The monoisotopic (exact) mass is 625 g/mol. The number of aryl methyl sites for hydroxylation is 1. The molecular formula is C34H43NO10. The van der Waals surface area contributed by atoms with Gasteiger partial charge in [0, 0.05) is 6.54 Å². The molecule has 1 heterocycles. The Labute approximate surface area is 263 Å². The van der Waals surface area contributed by atoms with E-state index in [1.807, 2.05) is 12.1 Å². The van der Waals surface area contributed by atoms with Gasteiger partial charge in [-0.25, -0.2) is 9.59 Å². The van der Waals surface area contributed by atoms with Crippen molar-refractivity contribution in [3.05, 3.63) is 53.6 Å². The molecule has 11 nitrogen and oxygen atoms in total. The van der Waals surface area contributed by atoms with Crippen LogP contribution in [-0.2, 0) is 30.3 Å². The number of rotatable bonds is 13. The number of esters is 1. The minimum atomic E-state index is -1.74. The lowest BCUT2D eigenvalue weighted by Crippen LogP contribution is -2.58. The van der Waals surface area contributed by atoms with E-state index in [9.17, 15) is 24.3 Å². The smallest absolute Gasteiger partial charge is 0.341 e. The summed E-state index contributed by atoms with van der Waals surface area (Å²) in [6.07, 6.45) is 4.09. The number of aliphatic hydroxyl groups is 1. The van der Waals surface area contributed by atoms with E-state index in [0.717, 1.165) is 12.0 Å². The molecule has 45 heavy (non-hydrogen) atoms. The third kappa shape index (κ3) is 8.13. The molecule has 1 amide bonds. The number of benzene rings is 2. The lowest BCUT2D eigenvalue weighted by Gasteiger charge is -2.39. The van der Waals surface area contributed by atoms with E-state index >= 15 is 0 Å². The number of carbonyl (C=O) groups is 4. The summed E-state index contributed by atoms with van der Waals surface area (Å²) in [6, 6.07) is 11.2. The molecule has 0 radical (unpaired) electrons. The van der Waals surface area contributed by atoms with Crippen LogP contribution in [0.4, 0.5) is 0 Å². The molecule has 2 aromatic carbocycles. The van der Waals surface area contributed by atoms with Gasteiger partial charge >= 0.3 is 11.9 Å². The van der Waals surface area contributed by atoms with E-state index in [2.05, 4.69) is 0 Å². The zero-order chi connectivity index (χ0) is 32.6. The second kappa shape index (κ2) is 15.2. The van der Waals surface area contributed by atoms with E-state index in [1.54, 1.807) is 51.5 Å². The second-order valence-corrected chi connectivity index (χ2v) is 11.8. The molecule has 4 rings (SSSR count). The maximum atomic E-state index is 13.8. The summed E-state index contributed by atoms with van der Waals surface area (Å²) in [5.41, 5.74) is -0.247. The molecule has 1 aliphatic heterocycles. The molecule has 1 aliphatic carbocycles. The fourth-order valence-corrected chi connectivity index (χ4v) is 6.20. The van der Waals surface area contributed by atoms with Crippen LogP contribution in [0.1, 0.15) is 75.5 Å². The Bertz CT molecular complexity index is 1380. The fraction of sp³-hybridized carbons (Fsp3) is 0.529. The number of piperidine rings is 1. The van der Waals surface area contributed by atoms with Gasteiger partial charge < -0.3 is 34.1 Å². The number of Topliss-reactive ketones (excluding diaryl/α,β-unsaturated/α-hetero) is 1. The number of carboxylic acid groups (broad SMARTS) is 1. The Kier molecular flexibility index (Phi) is 11.4. The van der Waals surface area contributed by atoms with Crippen LogP contribution >= 0.6 is 0 Å². The van der Waals surface area contributed by atoms with Crippen LogP contribution in [0.15, 0.2) is 42.5 Å². The van der Waals surface area contributed by atoms with Crippen LogP contribution in [0, 0.1) is 5.92 Å². The number of amides is 1. The fourth-order valence-electron chi connectivity index (χ4n) is 6.20. The van der Waals surface area contributed by atoms with Crippen molar-refractivity contribution in [1.82, 2.24) is 4.90 Å². The van der Waals surface area contributed by atoms with Gasteiger partial charge in [0.15, 0.2) is 18.1 Å². The number of methoxy groups -OCH3 is 2. The first-order chi connectivity index (χ1) is 21.6. The molecule has 0 unspecified atom stereocenters. The predicted molar refractivity (Wildman–Crippen MR) is 163 cm³/mol. The molecule has 2 aliphatic rings. The van der Waals surface area contributed by atoms with Crippen LogP contribution in [-0.4, -0.2) is 77.8 Å². The second-order valence-electron chi connectivity index (χ2n) is 11.8. The number of ketones is 1. The molecule has 4 atom stereocenters. The number of aliphatic carboxylic acids is 1. The van der Waals surface area contributed by atoms with E-state index in [4.69, 9.17) is 24.1 Å². The SMILES string of the molecule is COc1ccc(CC[C@@H](OC(=O)[C@@H]2CCCCN2C(=O)C(=O)[C@]2(O)CCCC[C@@H]2C)c2cccc(OCC(=O)O)c2)cc1OC. The Hall–Kier alpha value is -4.12. The summed E-state index contributed by atoms with van der Waals surface area (Å²) in [7, 11) is 3.10. The first-order valence-corrected chi connectivity index (χ1v) is 15.5. The number of ether oxygens (including phenoxy) is 4. The van der Waals surface area contributed by atoms with Gasteiger partial charge in [-0.3, -0.25) is 9.59 Å². The van der Waals surface area contributed by atoms with Crippen molar-refractivity contribution in [2.45, 2.75) is 82.5 Å². The van der Waals surface area contributed by atoms with E-state index in [1.165, 1.54) is 4.90 Å². The Morgan fingerprint density at radius 2 is 1.73 bits per heavy atom. The van der Waals surface area contributed by atoms with Gasteiger partial charge in [0.05, 0.1) is 14.2 Å². The van der Waals surface area contributed by atoms with Gasteiger partial charge in [0.1, 0.15) is 23.5 Å². The molecule has 2 N–H and O–H groups in total. The zero-order valence-corrected chi connectivity index (χ0v) is 26.2. The number of carboxylic acids is 1. The highest BCUT2D eigenvalue weighted by atomic mass is 16.5. The van der Waals surface area contributed by atoms with Crippen molar-refractivity contribution in [2.75, 3.05) is 27.4 Å². The lowest BCUT2D eigenvalue weighted by atomic mass is 9.73. The van der Waals surface area contributed by atoms with E-state index in [0.29, 0.717) is 67.8 Å². The average Bonchev–Trinajstić information content (AvgIpc) is 3.06. The van der Waals surface area contributed by atoms with Crippen molar-refractivity contribution in [3.8, 4) is 17.2 Å². The summed E-state index contributed by atoms with van der Waals surface area (Å²) in [4.78, 5) is 53.0. The first kappa shape index (κ1) is 33.8. The first-order valence-electron chi connectivity index (χ1n) is 15.5. The van der Waals surface area contributed by atoms with Crippen molar-refractivity contribution < 1.29 is 48.3 Å². The Morgan fingerprint density at radius 1 is 0.978 bits per heavy atom. The minimum Gasteiger partial charge on any atom is -0.493 e. The van der Waals surface area contributed by atoms with Gasteiger partial charge in [0.25, 0.3) is 11.7 Å². The van der Waals surface area contributed by atoms with Crippen LogP contribution in [0.25, 0.3) is 0 Å². The van der Waals surface area contributed by atoms with Crippen LogP contribution in [0.5, 0.6) is 17.2 Å². The zero-order valence-electron chi connectivity index (χ0n) is 26.2. The highest BCUT2D eigenvalue weighted by Gasteiger charge is 2.49. The molecule has 0 aromatic heterocycles. The number of hydrogen-bond donors (Lipinski definition) is 2. The summed E-state index contributed by atoms with van der Waals surface area (Å²) >= 11 is 0. The quantitative estimate of drug-likeness (QED) is 0.244. The highest BCUT2D eigenvalue weighted by molar-refractivity contribution is 6.39. The van der Waals surface area contributed by atoms with E-state index in [-0.39, 0.29) is 18.9 Å². The molecule has 11 heteroatoms. The van der Waals surface area contributed by atoms with Crippen molar-refractivity contribution in [3.63, 3.8) is 0 Å². The topological polar surface area (TPSA) is 149 Å². The third-order valence-electron chi connectivity index (χ3n) is 8.88. The predicted octanol–water partition coefficient (Wildman–Crippen LogP) is 4.28. The average molecular weight is 626 g/mol. The highest BCUT2D eigenvalue weighted by Crippen LogP contribution is 2.36. The van der Waals surface area contributed by atoms with Gasteiger partial charge in [-0.15, -0.1) is 0 Å². The van der Waals surface area contributed by atoms with E-state index < -0.39 is 48.0 Å². The molecule has 0 spiro atoms. The van der Waals surface area contributed by atoms with Gasteiger partial charge in [-0.1, -0.05) is 38.0 Å². The Balaban J connectivity index is 1.56. The van der Waals surface area contributed by atoms with Gasteiger partial charge in [0.2, 0.25) is 0 Å². The molecule has 1 saturated heterocycles. The third-order valence-corrected chi connectivity index (χ3v) is 8.88. The molecule has 2 aromatic rings. The number of hydrogen-bond acceptors (Lipinski definition) is 9. The lowest BCUT2D eigenvalue weighted by molar-refractivity contribution is -0.169. The number of nitrogens with zero attached hydrogens (tertiary/aromatic N) is 1. The molecule has 1 saturated carbocycles. The summed E-state index contributed by atoms with van der Waals surface area (Å²) < 4.78 is 22.2. The molecule has 244 valence electrons. The van der Waals surface area contributed by atoms with Crippen LogP contribution in [0.2, 0.25) is 0 Å². The van der Waals surface area contributed by atoms with Crippen molar-refractivity contribution in [1.29, 1.82) is 0 Å². The Morgan fingerprint density at radius 3 is 2.44 bits per heavy atom. The van der Waals surface area contributed by atoms with Gasteiger partial charge in [-0.2, -0.15) is 0 Å². The van der Waals surface area contributed by atoms with Crippen molar-refractivity contribution in [2.24, 2.45) is 5.92 Å². The van der Waals surface area contributed by atoms with Crippen LogP contribution in [0.3, 0.4) is 0 Å². The molecule has 2 fully saturated rings. The van der Waals surface area contributed by atoms with Crippen LogP contribution < -0.4 is 14.2 Å². The maximum Gasteiger partial charge on any atom is 0.341 e. The standard InChI is InChI=1S/C34H43NO10/c1-22-9-4-6-17-34(22,41)31(38)32(39)35-18-7-5-12-26(35)33(40)45-27(24-10-8-11-25(20-24)44-21-30(36)37)15-13-23-14-16-28(42-2)29(19-23)43-3/h8,10-11,14,16,19-20,22,26-27,41H,4-7,9,12-13,15,17-18,21H2,1-3H3,(H,36,37)/t22-,26-,27+,34-/m0/s1. The molecule has 0 bridgehead atoms. The van der Waals surface area contributed by atoms with Gasteiger partial charge in [-0.05, 0) is 86.3 Å². The number of likely N-dealkylation sites (tertiary alicyclic amines) is 1. The number of carbonyl (C=O) groups excluding carboxylic acids is 3. The normalized spacial score (nSPS) is 22.2. The summed E-state index contributed by atoms with van der Waals surface area (Å²) in [5.74, 6) is -2.39. The minimum absolute atomic E-state index is 0.212. The van der Waals surface area contributed by atoms with Crippen molar-refractivity contribution >= 4 is 23.6 Å². The summed E-state index contributed by atoms with van der Waals surface area (Å²) in [6.45, 7) is 1.46. The largest absolute Gasteiger partial charge is 0.493 e. The maximum absolute atomic E-state index is 13.8.